The number of hydrogen-bond donors (Lipinski definition) is 2. The highest BCUT2D eigenvalue weighted by molar-refractivity contribution is 5.85. The zero-order chi connectivity index (χ0) is 12.5. The van der Waals surface area contributed by atoms with E-state index in [0.29, 0.717) is 5.52 Å². The van der Waals surface area contributed by atoms with Crippen molar-refractivity contribution >= 4 is 16.7 Å². The summed E-state index contributed by atoms with van der Waals surface area (Å²) in [4.78, 5) is 6.67. The van der Waals surface area contributed by atoms with Crippen LogP contribution in [0.1, 0.15) is 12.8 Å². The molecule has 1 saturated heterocycles. The van der Waals surface area contributed by atoms with Crippen LogP contribution in [0.2, 0.25) is 0 Å². The highest BCUT2D eigenvalue weighted by Gasteiger charge is 2.18. The summed E-state index contributed by atoms with van der Waals surface area (Å²) in [6, 6.07) is 9.35. The number of aromatic nitrogens is 1. The van der Waals surface area contributed by atoms with Gasteiger partial charge in [-0.2, -0.15) is 0 Å². The van der Waals surface area contributed by atoms with Crippen LogP contribution in [-0.4, -0.2) is 34.4 Å². The van der Waals surface area contributed by atoms with Gasteiger partial charge in [0.25, 0.3) is 0 Å². The Hall–Kier alpha value is -1.81. The standard InChI is InChI=1S/C14H16N2O2/c17-11-6-8-16(9-7-11)13-5-4-10-2-1-3-12(18)14(10)15-13/h1-5,11,17-18H,6-9H2. The largest absolute Gasteiger partial charge is 0.506 e. The molecule has 1 aliphatic rings. The molecular formula is C14H16N2O2. The Morgan fingerprint density at radius 2 is 1.89 bits per heavy atom. The molecule has 0 amide bonds. The molecule has 0 aliphatic carbocycles. The number of pyridine rings is 1. The summed E-state index contributed by atoms with van der Waals surface area (Å²) in [5.41, 5.74) is 0.640. The topological polar surface area (TPSA) is 56.6 Å². The second kappa shape index (κ2) is 4.46. The third-order valence-corrected chi connectivity index (χ3v) is 3.47. The first-order valence-electron chi connectivity index (χ1n) is 6.26. The Morgan fingerprint density at radius 1 is 1.11 bits per heavy atom. The monoisotopic (exact) mass is 244 g/mol. The lowest BCUT2D eigenvalue weighted by atomic mass is 10.1. The van der Waals surface area contributed by atoms with Crippen molar-refractivity contribution in [3.63, 3.8) is 0 Å². The van der Waals surface area contributed by atoms with Gasteiger partial charge in [0.2, 0.25) is 0 Å². The molecular weight excluding hydrogens is 228 g/mol. The zero-order valence-corrected chi connectivity index (χ0v) is 10.1. The quantitative estimate of drug-likeness (QED) is 0.804. The van der Waals surface area contributed by atoms with Gasteiger partial charge in [-0.1, -0.05) is 12.1 Å². The number of rotatable bonds is 1. The number of nitrogens with zero attached hydrogens (tertiary/aromatic N) is 2. The molecule has 0 bridgehead atoms. The molecule has 0 unspecified atom stereocenters. The minimum atomic E-state index is -0.185. The van der Waals surface area contributed by atoms with Gasteiger partial charge in [0, 0.05) is 18.5 Å². The molecule has 3 rings (SSSR count). The van der Waals surface area contributed by atoms with Gasteiger partial charge in [-0.3, -0.25) is 0 Å². The molecule has 0 saturated carbocycles. The van der Waals surface area contributed by atoms with Crippen LogP contribution in [0.4, 0.5) is 5.82 Å². The predicted octanol–water partition coefficient (Wildman–Crippen LogP) is 1.90. The molecule has 0 spiro atoms. The van der Waals surface area contributed by atoms with E-state index >= 15 is 0 Å². The maximum Gasteiger partial charge on any atom is 0.141 e. The number of aromatic hydroxyl groups is 1. The van der Waals surface area contributed by atoms with Crippen molar-refractivity contribution in [2.45, 2.75) is 18.9 Å². The van der Waals surface area contributed by atoms with Crippen LogP contribution in [-0.2, 0) is 0 Å². The van der Waals surface area contributed by atoms with Crippen molar-refractivity contribution in [1.29, 1.82) is 0 Å². The van der Waals surface area contributed by atoms with Gasteiger partial charge in [-0.25, -0.2) is 4.98 Å². The number of phenolic OH excluding ortho intramolecular Hbond substituents is 1. The first-order valence-corrected chi connectivity index (χ1v) is 6.26. The molecule has 4 heteroatoms. The molecule has 4 nitrogen and oxygen atoms in total. The molecule has 1 fully saturated rings. The molecule has 1 aliphatic heterocycles. The van der Waals surface area contributed by atoms with Gasteiger partial charge in [0.05, 0.1) is 6.10 Å². The second-order valence-electron chi connectivity index (χ2n) is 4.74. The van der Waals surface area contributed by atoms with E-state index in [2.05, 4.69) is 9.88 Å². The van der Waals surface area contributed by atoms with E-state index in [4.69, 9.17) is 0 Å². The Morgan fingerprint density at radius 3 is 2.67 bits per heavy atom. The van der Waals surface area contributed by atoms with Crippen molar-refractivity contribution in [3.05, 3.63) is 30.3 Å². The molecule has 1 aromatic heterocycles. The molecule has 94 valence electrons. The summed E-state index contributed by atoms with van der Waals surface area (Å²) in [5.74, 6) is 1.09. The SMILES string of the molecule is Oc1cccc2ccc(N3CCC(O)CC3)nc12. The number of piperidine rings is 1. The third kappa shape index (κ3) is 1.99. The van der Waals surface area contributed by atoms with Crippen molar-refractivity contribution in [1.82, 2.24) is 4.98 Å². The van der Waals surface area contributed by atoms with Crippen molar-refractivity contribution < 1.29 is 10.2 Å². The molecule has 0 atom stereocenters. The average Bonchev–Trinajstić information content (AvgIpc) is 2.40. The fourth-order valence-corrected chi connectivity index (χ4v) is 2.39. The Balaban J connectivity index is 1.95. The van der Waals surface area contributed by atoms with E-state index in [1.807, 2.05) is 24.3 Å². The Kier molecular flexibility index (Phi) is 2.80. The van der Waals surface area contributed by atoms with E-state index in [9.17, 15) is 10.2 Å². The molecule has 1 aromatic carbocycles. The fourth-order valence-electron chi connectivity index (χ4n) is 2.39. The molecule has 0 radical (unpaired) electrons. The van der Waals surface area contributed by atoms with Gasteiger partial charge in [0.15, 0.2) is 0 Å². The highest BCUT2D eigenvalue weighted by atomic mass is 16.3. The van der Waals surface area contributed by atoms with Crippen LogP contribution >= 0.6 is 0 Å². The summed E-state index contributed by atoms with van der Waals surface area (Å²) < 4.78 is 0. The van der Waals surface area contributed by atoms with Gasteiger partial charge in [-0.15, -0.1) is 0 Å². The van der Waals surface area contributed by atoms with E-state index < -0.39 is 0 Å². The number of aliphatic hydroxyl groups is 1. The minimum absolute atomic E-state index is 0.185. The van der Waals surface area contributed by atoms with E-state index in [1.165, 1.54) is 0 Å². The van der Waals surface area contributed by atoms with Gasteiger partial charge in [0.1, 0.15) is 17.1 Å². The van der Waals surface area contributed by atoms with Crippen molar-refractivity contribution in [2.24, 2.45) is 0 Å². The first-order chi connectivity index (χ1) is 8.74. The average molecular weight is 244 g/mol. The smallest absolute Gasteiger partial charge is 0.141 e. The van der Waals surface area contributed by atoms with Crippen LogP contribution in [0.15, 0.2) is 30.3 Å². The number of anilines is 1. The molecule has 2 N–H and O–H groups in total. The minimum Gasteiger partial charge on any atom is -0.506 e. The normalized spacial score (nSPS) is 17.3. The number of aliphatic hydroxyl groups excluding tert-OH is 1. The summed E-state index contributed by atoms with van der Waals surface area (Å²) in [7, 11) is 0. The Labute approximate surface area is 105 Å². The van der Waals surface area contributed by atoms with Crippen LogP contribution < -0.4 is 4.90 Å². The number of benzene rings is 1. The first kappa shape index (κ1) is 11.3. The summed E-state index contributed by atoms with van der Waals surface area (Å²) in [6.07, 6.45) is 1.37. The number of fused-ring (bicyclic) bond motifs is 1. The lowest BCUT2D eigenvalue weighted by molar-refractivity contribution is 0.145. The number of phenols is 1. The van der Waals surface area contributed by atoms with Crippen LogP contribution in [0.3, 0.4) is 0 Å². The lowest BCUT2D eigenvalue weighted by Gasteiger charge is -2.30. The molecule has 2 heterocycles. The highest BCUT2D eigenvalue weighted by Crippen LogP contribution is 2.26. The summed E-state index contributed by atoms with van der Waals surface area (Å²) >= 11 is 0. The number of para-hydroxylation sites is 1. The fraction of sp³-hybridized carbons (Fsp3) is 0.357. The Bertz CT molecular complexity index is 563. The maximum absolute atomic E-state index is 9.82. The predicted molar refractivity (Wildman–Crippen MR) is 70.9 cm³/mol. The van der Waals surface area contributed by atoms with Crippen molar-refractivity contribution in [2.75, 3.05) is 18.0 Å². The lowest BCUT2D eigenvalue weighted by Crippen LogP contribution is -2.36. The van der Waals surface area contributed by atoms with E-state index in [1.54, 1.807) is 6.07 Å². The maximum atomic E-state index is 9.82. The molecule has 2 aromatic rings. The van der Waals surface area contributed by atoms with Crippen LogP contribution in [0.25, 0.3) is 10.9 Å². The van der Waals surface area contributed by atoms with Gasteiger partial charge >= 0.3 is 0 Å². The second-order valence-corrected chi connectivity index (χ2v) is 4.74. The van der Waals surface area contributed by atoms with Crippen LogP contribution in [0.5, 0.6) is 5.75 Å². The zero-order valence-electron chi connectivity index (χ0n) is 10.1. The summed E-state index contributed by atoms with van der Waals surface area (Å²) in [6.45, 7) is 1.63. The van der Waals surface area contributed by atoms with Crippen molar-refractivity contribution in [3.8, 4) is 5.75 Å². The summed E-state index contributed by atoms with van der Waals surface area (Å²) in [5, 5.41) is 20.3. The number of hydrogen-bond acceptors (Lipinski definition) is 4. The van der Waals surface area contributed by atoms with Crippen LogP contribution in [0, 0.1) is 0 Å². The van der Waals surface area contributed by atoms with E-state index in [0.717, 1.165) is 37.1 Å². The molecule has 18 heavy (non-hydrogen) atoms. The third-order valence-electron chi connectivity index (χ3n) is 3.47. The van der Waals surface area contributed by atoms with Gasteiger partial charge < -0.3 is 15.1 Å². The van der Waals surface area contributed by atoms with Gasteiger partial charge in [-0.05, 0) is 31.0 Å². The van der Waals surface area contributed by atoms with E-state index in [-0.39, 0.29) is 11.9 Å².